The van der Waals surface area contributed by atoms with E-state index in [1.807, 2.05) is 37.2 Å². The van der Waals surface area contributed by atoms with Crippen LogP contribution in [-0.4, -0.2) is 105 Å². The number of nitrogens with zero attached hydrogens (tertiary/aromatic N) is 5. The molecule has 1 saturated heterocycles. The summed E-state index contributed by atoms with van der Waals surface area (Å²) >= 11 is 6.24. The zero-order valence-electron chi connectivity index (χ0n) is 34.5. The highest BCUT2D eigenvalue weighted by molar-refractivity contribution is 7.90. The SMILES string of the molecule is CN(C)C[C@H]1COc2cc(S(=O)(=O)NC(=O)c3ccc(N4CCN(CC5=C(c6ccc(Cl)cc6)CC(C)(C)CC5)CC4)cc3Oc3cnc4[nH]ccc4c3)cc([N+](=O)[O-])c2N1. The standard InChI is InChI=1S/C44H49ClN8O7S/c1-44(2)13-11-30(37(23-44)28-5-7-31(45)8-6-28)25-51-15-17-52(18-16-51)33-9-10-36(39(20-33)60-34-19-29-12-14-46-42(29)47-24-34)43(54)49-61(57,58)35-21-38(53(55)56)41-40(22-35)59-27-32(48-41)26-50(3)4/h5-10,12,14,19-22,24,32,48H,11,13,15-18,23,25-27H2,1-4H3,(H,46,47)(H,49,54)/t32-/m0/s1. The van der Waals surface area contributed by atoms with E-state index < -0.39 is 31.4 Å². The van der Waals surface area contributed by atoms with Crippen molar-refractivity contribution in [1.29, 1.82) is 0 Å². The van der Waals surface area contributed by atoms with Crippen LogP contribution in [0.2, 0.25) is 5.02 Å². The summed E-state index contributed by atoms with van der Waals surface area (Å²) in [6.45, 7) is 9.29. The van der Waals surface area contributed by atoms with Crippen LogP contribution in [0.5, 0.6) is 17.2 Å². The first-order chi connectivity index (χ1) is 29.1. The summed E-state index contributed by atoms with van der Waals surface area (Å²) in [5, 5.41) is 16.8. The Morgan fingerprint density at radius 2 is 1.85 bits per heavy atom. The minimum Gasteiger partial charge on any atom is -0.489 e. The van der Waals surface area contributed by atoms with E-state index in [1.54, 1.807) is 24.4 Å². The predicted molar refractivity (Wildman–Crippen MR) is 236 cm³/mol. The van der Waals surface area contributed by atoms with Gasteiger partial charge in [0, 0.05) is 79.8 Å². The Morgan fingerprint density at radius 3 is 2.59 bits per heavy atom. The average Bonchev–Trinajstić information content (AvgIpc) is 3.69. The summed E-state index contributed by atoms with van der Waals surface area (Å²) in [5.74, 6) is -0.524. The van der Waals surface area contributed by atoms with Crippen LogP contribution in [0.4, 0.5) is 17.1 Å². The number of hydrogen-bond donors (Lipinski definition) is 3. The molecule has 1 atom stereocenters. The molecule has 1 aliphatic carbocycles. The number of fused-ring (bicyclic) bond motifs is 2. The molecule has 3 N–H and O–H groups in total. The Kier molecular flexibility index (Phi) is 11.7. The van der Waals surface area contributed by atoms with Crippen molar-refractivity contribution in [3.8, 4) is 17.2 Å². The fraction of sp³-hybridized carbons (Fsp3) is 0.364. The lowest BCUT2D eigenvalue weighted by atomic mass is 9.72. The number of ether oxygens (including phenoxy) is 2. The van der Waals surface area contributed by atoms with Crippen molar-refractivity contribution in [1.82, 2.24) is 24.5 Å². The molecule has 0 radical (unpaired) electrons. The van der Waals surface area contributed by atoms with Gasteiger partial charge in [-0.15, -0.1) is 0 Å². The number of sulfonamides is 1. The Balaban J connectivity index is 1.03. The maximum absolute atomic E-state index is 14.0. The lowest BCUT2D eigenvalue weighted by molar-refractivity contribution is -0.384. The lowest BCUT2D eigenvalue weighted by Crippen LogP contribution is -2.47. The minimum atomic E-state index is -4.64. The van der Waals surface area contributed by atoms with Gasteiger partial charge in [-0.05, 0) is 86.3 Å². The highest BCUT2D eigenvalue weighted by Crippen LogP contribution is 2.44. The Bertz CT molecular complexity index is 2620. The van der Waals surface area contributed by atoms with Crippen LogP contribution in [-0.2, 0) is 10.0 Å². The molecule has 17 heteroatoms. The second-order valence-electron chi connectivity index (χ2n) is 17.0. The maximum atomic E-state index is 14.0. The highest BCUT2D eigenvalue weighted by Gasteiger charge is 2.33. The van der Waals surface area contributed by atoms with Crippen LogP contribution in [0.3, 0.4) is 0 Å². The van der Waals surface area contributed by atoms with E-state index in [1.165, 1.54) is 35.0 Å². The van der Waals surface area contributed by atoms with Crippen molar-refractivity contribution >= 4 is 61.2 Å². The number of H-pyrrole nitrogens is 1. The molecule has 2 aliphatic heterocycles. The van der Waals surface area contributed by atoms with Crippen molar-refractivity contribution in [3.63, 3.8) is 0 Å². The molecule has 0 unspecified atom stereocenters. The quantitative estimate of drug-likeness (QED) is 0.0831. The molecule has 4 heterocycles. The number of anilines is 2. The van der Waals surface area contributed by atoms with E-state index in [0.717, 1.165) is 74.1 Å². The number of nitrogens with one attached hydrogen (secondary N) is 3. The molecule has 320 valence electrons. The number of aromatic amines is 1. The van der Waals surface area contributed by atoms with Crippen LogP contribution in [0.15, 0.2) is 89.6 Å². The number of carbonyl (C=O) groups excluding carboxylic acids is 1. The van der Waals surface area contributed by atoms with Gasteiger partial charge in [-0.25, -0.2) is 18.1 Å². The van der Waals surface area contributed by atoms with Gasteiger partial charge in [0.15, 0.2) is 11.4 Å². The number of carbonyl (C=O) groups is 1. The first-order valence-electron chi connectivity index (χ1n) is 20.2. The number of halogens is 1. The molecule has 1 amide bonds. The monoisotopic (exact) mass is 868 g/mol. The second-order valence-corrected chi connectivity index (χ2v) is 19.1. The topological polar surface area (TPSA) is 175 Å². The van der Waals surface area contributed by atoms with Crippen LogP contribution in [0.25, 0.3) is 16.6 Å². The molecule has 1 fully saturated rings. The first kappa shape index (κ1) is 42.0. The number of likely N-dealkylation sites (N-methyl/N-ethyl adjacent to an activating group) is 1. The fourth-order valence-electron chi connectivity index (χ4n) is 8.33. The number of nitro benzene ring substituents is 1. The number of allylic oxidation sites excluding steroid dienone is 1. The summed E-state index contributed by atoms with van der Waals surface area (Å²) in [4.78, 5) is 39.0. The van der Waals surface area contributed by atoms with Crippen molar-refractivity contribution < 1.29 is 27.6 Å². The van der Waals surface area contributed by atoms with Crippen LogP contribution < -0.4 is 24.4 Å². The molecule has 15 nitrogen and oxygen atoms in total. The van der Waals surface area contributed by atoms with Gasteiger partial charge in [-0.1, -0.05) is 43.2 Å². The molecule has 5 aromatic rings. The summed E-state index contributed by atoms with van der Waals surface area (Å²) < 4.78 is 41.8. The van der Waals surface area contributed by atoms with Crippen LogP contribution in [0.1, 0.15) is 49.0 Å². The van der Waals surface area contributed by atoms with Gasteiger partial charge in [0.25, 0.3) is 21.6 Å². The highest BCUT2D eigenvalue weighted by atomic mass is 35.5. The zero-order chi connectivity index (χ0) is 43.1. The number of hydrogen-bond acceptors (Lipinski definition) is 12. The average molecular weight is 869 g/mol. The molecule has 8 rings (SSSR count). The number of amides is 1. The number of aromatic nitrogens is 2. The lowest BCUT2D eigenvalue weighted by Gasteiger charge is -2.39. The molecule has 3 aliphatic rings. The van der Waals surface area contributed by atoms with Crippen molar-refractivity contribution in [2.24, 2.45) is 5.41 Å². The molecule has 0 spiro atoms. The molecule has 2 aromatic heterocycles. The Morgan fingerprint density at radius 1 is 1.08 bits per heavy atom. The number of piperazine rings is 1. The third-order valence-corrected chi connectivity index (χ3v) is 13.1. The fourth-order valence-corrected chi connectivity index (χ4v) is 9.45. The third kappa shape index (κ3) is 9.47. The van der Waals surface area contributed by atoms with Gasteiger partial charge in [0.2, 0.25) is 0 Å². The van der Waals surface area contributed by atoms with Crippen molar-refractivity contribution in [3.05, 3.63) is 111 Å². The number of nitro groups is 1. The van der Waals surface area contributed by atoms with E-state index in [2.05, 4.69) is 55.8 Å². The summed E-state index contributed by atoms with van der Waals surface area (Å²) in [7, 11) is -0.910. The molecule has 61 heavy (non-hydrogen) atoms. The van der Waals surface area contributed by atoms with Gasteiger partial charge in [-0.3, -0.25) is 19.8 Å². The number of pyridine rings is 1. The van der Waals surface area contributed by atoms with E-state index in [-0.39, 0.29) is 40.8 Å². The van der Waals surface area contributed by atoms with Gasteiger partial charge < -0.3 is 29.6 Å². The van der Waals surface area contributed by atoms with E-state index in [4.69, 9.17) is 21.1 Å². The van der Waals surface area contributed by atoms with Gasteiger partial charge in [-0.2, -0.15) is 0 Å². The summed E-state index contributed by atoms with van der Waals surface area (Å²) in [6, 6.07) is 18.6. The molecular formula is C44H49ClN8O7S. The Labute approximate surface area is 359 Å². The summed E-state index contributed by atoms with van der Waals surface area (Å²) in [5.41, 5.74) is 5.30. The maximum Gasteiger partial charge on any atom is 0.297 e. The largest absolute Gasteiger partial charge is 0.489 e. The second kappa shape index (κ2) is 17.0. The van der Waals surface area contributed by atoms with E-state index in [9.17, 15) is 23.3 Å². The van der Waals surface area contributed by atoms with E-state index in [0.29, 0.717) is 17.9 Å². The normalized spacial score (nSPS) is 18.1. The van der Waals surface area contributed by atoms with Crippen LogP contribution in [0, 0.1) is 15.5 Å². The van der Waals surface area contributed by atoms with Crippen molar-refractivity contribution in [2.75, 3.05) is 70.2 Å². The minimum absolute atomic E-state index is 0.000405. The number of rotatable bonds is 12. The summed E-state index contributed by atoms with van der Waals surface area (Å²) in [6.07, 6.45) is 6.46. The van der Waals surface area contributed by atoms with Gasteiger partial charge in [0.05, 0.1) is 27.6 Å². The van der Waals surface area contributed by atoms with Crippen molar-refractivity contribution in [2.45, 2.75) is 44.0 Å². The Hall–Kier alpha value is -5.68. The molecule has 0 saturated carbocycles. The number of benzene rings is 3. The molecule has 3 aromatic carbocycles. The smallest absolute Gasteiger partial charge is 0.297 e. The first-order valence-corrected chi connectivity index (χ1v) is 22.1. The van der Waals surface area contributed by atoms with Gasteiger partial charge >= 0.3 is 0 Å². The van der Waals surface area contributed by atoms with Gasteiger partial charge in [0.1, 0.15) is 23.8 Å². The zero-order valence-corrected chi connectivity index (χ0v) is 36.1. The molecular weight excluding hydrogens is 820 g/mol. The molecule has 0 bridgehead atoms. The van der Waals surface area contributed by atoms with Crippen LogP contribution >= 0.6 is 11.6 Å². The third-order valence-electron chi connectivity index (χ3n) is 11.5. The van der Waals surface area contributed by atoms with E-state index >= 15 is 0 Å². The predicted octanol–water partition coefficient (Wildman–Crippen LogP) is 7.56.